The summed E-state index contributed by atoms with van der Waals surface area (Å²) in [5.41, 5.74) is 2.03. The quantitative estimate of drug-likeness (QED) is 0.654. The summed E-state index contributed by atoms with van der Waals surface area (Å²) in [5.74, 6) is -0.544. The molecule has 0 aliphatic carbocycles. The molecule has 0 atom stereocenters. The fraction of sp³-hybridized carbons (Fsp3) is 0.235. The molecule has 0 saturated heterocycles. The van der Waals surface area contributed by atoms with E-state index in [-0.39, 0.29) is 22.7 Å². The number of anilines is 1. The Bertz CT molecular complexity index is 1140. The lowest BCUT2D eigenvalue weighted by molar-refractivity contribution is 0.0528. The molecule has 3 aromatic rings. The average molecular weight is 372 g/mol. The number of fused-ring (bicyclic) bond motifs is 4. The molecular formula is C17H16N4O4S. The van der Waals surface area contributed by atoms with Gasteiger partial charge in [0.05, 0.1) is 30.4 Å². The molecule has 0 radical (unpaired) electrons. The minimum absolute atomic E-state index is 0.0593. The summed E-state index contributed by atoms with van der Waals surface area (Å²) in [6.07, 6.45) is 2.73. The van der Waals surface area contributed by atoms with E-state index in [0.29, 0.717) is 23.5 Å². The number of carbonyl (C=O) groups excluding carboxylic acids is 1. The van der Waals surface area contributed by atoms with Gasteiger partial charge in [0.2, 0.25) is 0 Å². The number of ether oxygens (including phenoxy) is 1. The molecule has 0 amide bonds. The second-order valence-corrected chi connectivity index (χ2v) is 7.52. The molecule has 0 N–H and O–H groups in total. The third-order valence-corrected chi connectivity index (χ3v) is 6.13. The maximum absolute atomic E-state index is 13.0. The Hall–Kier alpha value is -2.94. The topological polar surface area (TPSA) is 93.9 Å². The van der Waals surface area contributed by atoms with Crippen molar-refractivity contribution < 1.29 is 17.9 Å². The third kappa shape index (κ3) is 2.20. The van der Waals surface area contributed by atoms with Gasteiger partial charge in [0, 0.05) is 12.1 Å². The second kappa shape index (κ2) is 5.80. The summed E-state index contributed by atoms with van der Waals surface area (Å²) >= 11 is 0. The molecule has 8 nitrogen and oxygen atoms in total. The predicted octanol–water partition coefficient (Wildman–Crippen LogP) is 2.10. The minimum Gasteiger partial charge on any atom is -0.462 e. The van der Waals surface area contributed by atoms with Crippen molar-refractivity contribution in [2.45, 2.75) is 18.7 Å². The Balaban J connectivity index is 2.04. The highest BCUT2D eigenvalue weighted by atomic mass is 32.2. The summed E-state index contributed by atoms with van der Waals surface area (Å²) in [6.45, 7) is 4.01. The van der Waals surface area contributed by atoms with Crippen molar-refractivity contribution in [1.29, 1.82) is 0 Å². The Morgan fingerprint density at radius 2 is 2.00 bits per heavy atom. The van der Waals surface area contributed by atoms with Gasteiger partial charge in [-0.25, -0.2) is 22.7 Å². The zero-order valence-corrected chi connectivity index (χ0v) is 15.0. The first kappa shape index (κ1) is 16.5. The molecule has 1 aliphatic rings. The number of aromatic nitrogens is 3. The Labute approximate surface area is 150 Å². The molecule has 26 heavy (non-hydrogen) atoms. The molecule has 2 aromatic heterocycles. The molecule has 0 unspecified atom stereocenters. The average Bonchev–Trinajstić information content (AvgIpc) is 3.04. The number of rotatable bonds is 3. The fourth-order valence-corrected chi connectivity index (χ4v) is 4.74. The van der Waals surface area contributed by atoms with Crippen LogP contribution in [-0.4, -0.2) is 42.1 Å². The van der Waals surface area contributed by atoms with E-state index in [1.54, 1.807) is 26.0 Å². The van der Waals surface area contributed by atoms with Crippen LogP contribution in [0.15, 0.2) is 41.6 Å². The van der Waals surface area contributed by atoms with Gasteiger partial charge >= 0.3 is 5.97 Å². The summed E-state index contributed by atoms with van der Waals surface area (Å²) in [4.78, 5) is 16.7. The van der Waals surface area contributed by atoms with Crippen LogP contribution in [0, 0.1) is 0 Å². The smallest absolute Gasteiger partial charge is 0.343 e. The maximum Gasteiger partial charge on any atom is 0.343 e. The van der Waals surface area contributed by atoms with Crippen molar-refractivity contribution in [1.82, 2.24) is 14.6 Å². The van der Waals surface area contributed by atoms with E-state index in [1.165, 1.54) is 21.2 Å². The van der Waals surface area contributed by atoms with Crippen LogP contribution >= 0.6 is 0 Å². The summed E-state index contributed by atoms with van der Waals surface area (Å²) in [7, 11) is -3.77. The molecule has 0 fully saturated rings. The maximum atomic E-state index is 13.0. The zero-order chi connectivity index (χ0) is 18.5. The van der Waals surface area contributed by atoms with Crippen molar-refractivity contribution >= 4 is 27.3 Å². The molecule has 4 rings (SSSR count). The SMILES string of the molecule is CCOC(=O)c1cnn2cc3c(nc12)-c1ccccc1N(CC)S3(=O)=O. The van der Waals surface area contributed by atoms with E-state index in [9.17, 15) is 13.2 Å². The Morgan fingerprint density at radius 1 is 1.23 bits per heavy atom. The lowest BCUT2D eigenvalue weighted by Gasteiger charge is -2.30. The first-order chi connectivity index (χ1) is 12.5. The van der Waals surface area contributed by atoms with E-state index >= 15 is 0 Å². The molecular weight excluding hydrogens is 356 g/mol. The number of para-hydroxylation sites is 1. The molecule has 9 heteroatoms. The number of hydrogen-bond donors (Lipinski definition) is 0. The monoisotopic (exact) mass is 372 g/mol. The van der Waals surface area contributed by atoms with E-state index in [0.717, 1.165) is 0 Å². The first-order valence-corrected chi connectivity index (χ1v) is 9.60. The van der Waals surface area contributed by atoms with Gasteiger partial charge < -0.3 is 4.74 Å². The van der Waals surface area contributed by atoms with Crippen molar-refractivity contribution in [2.75, 3.05) is 17.5 Å². The van der Waals surface area contributed by atoms with E-state index in [4.69, 9.17) is 4.74 Å². The highest BCUT2D eigenvalue weighted by Gasteiger charge is 2.36. The van der Waals surface area contributed by atoms with Crippen LogP contribution in [0.25, 0.3) is 16.9 Å². The van der Waals surface area contributed by atoms with Crippen LogP contribution in [0.1, 0.15) is 24.2 Å². The molecule has 0 bridgehead atoms. The number of hydrogen-bond acceptors (Lipinski definition) is 6. The van der Waals surface area contributed by atoms with Gasteiger partial charge in [-0.1, -0.05) is 18.2 Å². The van der Waals surface area contributed by atoms with Crippen LogP contribution in [0.2, 0.25) is 0 Å². The molecule has 0 spiro atoms. The lowest BCUT2D eigenvalue weighted by Crippen LogP contribution is -2.34. The van der Waals surface area contributed by atoms with Gasteiger partial charge in [0.1, 0.15) is 10.5 Å². The van der Waals surface area contributed by atoms with Crippen LogP contribution in [-0.2, 0) is 14.8 Å². The van der Waals surface area contributed by atoms with Gasteiger partial charge in [-0.2, -0.15) is 5.10 Å². The zero-order valence-electron chi connectivity index (χ0n) is 14.2. The number of benzene rings is 1. The molecule has 1 aromatic carbocycles. The Kier molecular flexibility index (Phi) is 3.69. The first-order valence-electron chi connectivity index (χ1n) is 8.16. The van der Waals surface area contributed by atoms with Gasteiger partial charge in [0.25, 0.3) is 10.0 Å². The van der Waals surface area contributed by atoms with Gasteiger partial charge in [-0.15, -0.1) is 0 Å². The highest BCUT2D eigenvalue weighted by Crippen LogP contribution is 2.41. The van der Waals surface area contributed by atoms with Gasteiger partial charge in [0.15, 0.2) is 5.65 Å². The van der Waals surface area contributed by atoms with Crippen molar-refractivity contribution in [3.8, 4) is 11.3 Å². The lowest BCUT2D eigenvalue weighted by atomic mass is 10.1. The summed E-state index contributed by atoms with van der Waals surface area (Å²) in [6, 6.07) is 7.16. The molecule has 0 saturated carbocycles. The largest absolute Gasteiger partial charge is 0.462 e. The van der Waals surface area contributed by atoms with Crippen molar-refractivity contribution in [2.24, 2.45) is 0 Å². The standard InChI is InChI=1S/C17H16N4O4S/c1-3-21-13-8-6-5-7-11(13)15-14(26(21,23)24)10-20-16(19-15)12(9-18-20)17(22)25-4-2/h5-10H,3-4H2,1-2H3. The minimum atomic E-state index is -3.77. The van der Waals surface area contributed by atoms with E-state index in [1.807, 2.05) is 12.1 Å². The number of sulfonamides is 1. The molecule has 1 aliphatic heterocycles. The van der Waals surface area contributed by atoms with E-state index < -0.39 is 16.0 Å². The summed E-state index contributed by atoms with van der Waals surface area (Å²) < 4.78 is 33.7. The van der Waals surface area contributed by atoms with Crippen molar-refractivity contribution in [3.05, 3.63) is 42.2 Å². The predicted molar refractivity (Wildman–Crippen MR) is 94.6 cm³/mol. The van der Waals surface area contributed by atoms with Crippen LogP contribution in [0.3, 0.4) is 0 Å². The fourth-order valence-electron chi connectivity index (χ4n) is 3.11. The molecule has 3 heterocycles. The van der Waals surface area contributed by atoms with E-state index in [2.05, 4.69) is 10.1 Å². The number of nitrogens with zero attached hydrogens (tertiary/aromatic N) is 4. The Morgan fingerprint density at radius 3 is 2.73 bits per heavy atom. The number of carbonyl (C=O) groups is 1. The van der Waals surface area contributed by atoms with Crippen molar-refractivity contribution in [3.63, 3.8) is 0 Å². The molecule has 134 valence electrons. The van der Waals surface area contributed by atoms with Gasteiger partial charge in [-0.3, -0.25) is 4.31 Å². The van der Waals surface area contributed by atoms with Crippen LogP contribution < -0.4 is 4.31 Å². The normalized spacial score (nSPS) is 14.8. The summed E-state index contributed by atoms with van der Waals surface area (Å²) in [5, 5.41) is 4.07. The third-order valence-electron chi connectivity index (χ3n) is 4.24. The van der Waals surface area contributed by atoms with Gasteiger partial charge in [-0.05, 0) is 19.9 Å². The second-order valence-electron chi connectivity index (χ2n) is 5.69. The highest BCUT2D eigenvalue weighted by molar-refractivity contribution is 7.93. The van der Waals surface area contributed by atoms with Crippen LogP contribution in [0.5, 0.6) is 0 Å². The number of esters is 1. The van der Waals surface area contributed by atoms with Crippen LogP contribution in [0.4, 0.5) is 5.69 Å².